The second-order valence-corrected chi connectivity index (χ2v) is 6.33. The molecule has 0 bridgehead atoms. The molecule has 3 amide bonds. The van der Waals surface area contributed by atoms with Crippen LogP contribution in [0.25, 0.3) is 5.69 Å². The first kappa shape index (κ1) is 17.3. The summed E-state index contributed by atoms with van der Waals surface area (Å²) in [6.07, 6.45) is 4.82. The van der Waals surface area contributed by atoms with Gasteiger partial charge in [-0.05, 0) is 37.1 Å². The highest BCUT2D eigenvalue weighted by molar-refractivity contribution is 6.32. The van der Waals surface area contributed by atoms with Gasteiger partial charge in [-0.2, -0.15) is 5.10 Å². The molecule has 3 rings (SSSR count). The van der Waals surface area contributed by atoms with E-state index in [-0.39, 0.29) is 17.9 Å². The molecule has 25 heavy (non-hydrogen) atoms. The lowest BCUT2D eigenvalue weighted by Crippen LogP contribution is -2.44. The van der Waals surface area contributed by atoms with E-state index >= 15 is 0 Å². The third-order valence-corrected chi connectivity index (χ3v) is 4.65. The van der Waals surface area contributed by atoms with E-state index in [1.807, 2.05) is 12.1 Å². The standard InChI is InChI=1S/C17H20ClN5O2/c1-19-16(24)12-5-9-22(10-6-12)17(25)21-13-3-4-15(14(18)11-13)23-8-2-7-20-23/h2-4,7-8,11-12H,5-6,9-10H2,1H3,(H,19,24)(H,21,25). The Bertz CT molecular complexity index is 754. The molecule has 7 nitrogen and oxygen atoms in total. The molecule has 1 aromatic heterocycles. The van der Waals surface area contributed by atoms with Crippen molar-refractivity contribution in [2.45, 2.75) is 12.8 Å². The molecule has 2 aromatic rings. The molecule has 1 aliphatic rings. The van der Waals surface area contributed by atoms with Crippen molar-refractivity contribution in [3.05, 3.63) is 41.7 Å². The quantitative estimate of drug-likeness (QED) is 0.881. The number of amides is 3. The fourth-order valence-electron chi connectivity index (χ4n) is 2.93. The molecule has 8 heteroatoms. The number of nitrogens with one attached hydrogen (secondary N) is 2. The van der Waals surface area contributed by atoms with Crippen molar-refractivity contribution < 1.29 is 9.59 Å². The number of benzene rings is 1. The van der Waals surface area contributed by atoms with Crippen LogP contribution >= 0.6 is 11.6 Å². The minimum absolute atomic E-state index is 0.0168. The molecule has 1 saturated heterocycles. The van der Waals surface area contributed by atoms with Crippen molar-refractivity contribution in [3.63, 3.8) is 0 Å². The zero-order chi connectivity index (χ0) is 17.8. The number of carbonyl (C=O) groups is 2. The average Bonchev–Trinajstić information content (AvgIpc) is 3.15. The number of halogens is 1. The van der Waals surface area contributed by atoms with Gasteiger partial charge < -0.3 is 15.5 Å². The molecule has 1 fully saturated rings. The fraction of sp³-hybridized carbons (Fsp3) is 0.353. The molecule has 2 heterocycles. The highest BCUT2D eigenvalue weighted by Crippen LogP contribution is 2.24. The Kier molecular flexibility index (Phi) is 5.23. The van der Waals surface area contributed by atoms with E-state index in [4.69, 9.17) is 11.6 Å². The topological polar surface area (TPSA) is 79.3 Å². The van der Waals surface area contributed by atoms with Gasteiger partial charge in [-0.1, -0.05) is 11.6 Å². The van der Waals surface area contributed by atoms with E-state index in [0.717, 1.165) is 5.69 Å². The number of piperidine rings is 1. The number of rotatable bonds is 3. The van der Waals surface area contributed by atoms with Crippen molar-refractivity contribution in [1.29, 1.82) is 0 Å². The normalized spacial score (nSPS) is 15.0. The lowest BCUT2D eigenvalue weighted by Gasteiger charge is -2.31. The number of urea groups is 1. The second-order valence-electron chi connectivity index (χ2n) is 5.92. The zero-order valence-electron chi connectivity index (χ0n) is 13.9. The predicted molar refractivity (Wildman–Crippen MR) is 96.0 cm³/mol. The van der Waals surface area contributed by atoms with E-state index in [1.54, 1.807) is 41.2 Å². The largest absolute Gasteiger partial charge is 0.359 e. The minimum Gasteiger partial charge on any atom is -0.359 e. The summed E-state index contributed by atoms with van der Waals surface area (Å²) in [4.78, 5) is 25.8. The van der Waals surface area contributed by atoms with E-state index < -0.39 is 0 Å². The van der Waals surface area contributed by atoms with Crippen LogP contribution in [-0.4, -0.2) is 46.8 Å². The fourth-order valence-corrected chi connectivity index (χ4v) is 3.20. The van der Waals surface area contributed by atoms with E-state index in [9.17, 15) is 9.59 Å². The average molecular weight is 362 g/mol. The number of likely N-dealkylation sites (tertiary alicyclic amines) is 1. The van der Waals surface area contributed by atoms with Crippen LogP contribution in [0, 0.1) is 5.92 Å². The Morgan fingerprint density at radius 1 is 1.28 bits per heavy atom. The van der Waals surface area contributed by atoms with Crippen LogP contribution in [0.15, 0.2) is 36.7 Å². The smallest absolute Gasteiger partial charge is 0.321 e. The summed E-state index contributed by atoms with van der Waals surface area (Å²) in [6, 6.07) is 6.93. The van der Waals surface area contributed by atoms with Crippen LogP contribution < -0.4 is 10.6 Å². The van der Waals surface area contributed by atoms with E-state index in [0.29, 0.717) is 36.6 Å². The van der Waals surface area contributed by atoms with Gasteiger partial charge >= 0.3 is 6.03 Å². The second kappa shape index (κ2) is 7.57. The van der Waals surface area contributed by atoms with Gasteiger partial charge in [0.2, 0.25) is 5.91 Å². The molecule has 0 atom stereocenters. The Labute approximate surface area is 150 Å². The Morgan fingerprint density at radius 2 is 2.04 bits per heavy atom. The van der Waals surface area contributed by atoms with Gasteiger partial charge in [0.25, 0.3) is 0 Å². The molecular formula is C17H20ClN5O2. The summed E-state index contributed by atoms with van der Waals surface area (Å²) in [7, 11) is 1.64. The van der Waals surface area contributed by atoms with Gasteiger partial charge in [-0.25, -0.2) is 9.48 Å². The number of hydrogen-bond donors (Lipinski definition) is 2. The molecule has 2 N–H and O–H groups in total. The number of carbonyl (C=O) groups excluding carboxylic acids is 2. The molecule has 0 aliphatic carbocycles. The summed E-state index contributed by atoms with van der Waals surface area (Å²) in [5.74, 6) is 0.0258. The van der Waals surface area contributed by atoms with Crippen molar-refractivity contribution in [2.75, 3.05) is 25.5 Å². The van der Waals surface area contributed by atoms with Crippen LogP contribution in [0.4, 0.5) is 10.5 Å². The van der Waals surface area contributed by atoms with Gasteiger partial charge in [-0.3, -0.25) is 4.79 Å². The van der Waals surface area contributed by atoms with Gasteiger partial charge in [0, 0.05) is 44.1 Å². The maximum Gasteiger partial charge on any atom is 0.321 e. The first-order valence-corrected chi connectivity index (χ1v) is 8.53. The van der Waals surface area contributed by atoms with E-state index in [2.05, 4.69) is 15.7 Å². The molecular weight excluding hydrogens is 342 g/mol. The Balaban J connectivity index is 1.60. The number of aromatic nitrogens is 2. The van der Waals surface area contributed by atoms with Crippen LogP contribution in [-0.2, 0) is 4.79 Å². The van der Waals surface area contributed by atoms with Gasteiger partial charge in [-0.15, -0.1) is 0 Å². The molecule has 132 valence electrons. The summed E-state index contributed by atoms with van der Waals surface area (Å²) < 4.78 is 1.66. The molecule has 0 unspecified atom stereocenters. The lowest BCUT2D eigenvalue weighted by molar-refractivity contribution is -0.125. The zero-order valence-corrected chi connectivity index (χ0v) is 14.7. The Hall–Kier alpha value is -2.54. The number of nitrogens with zero attached hydrogens (tertiary/aromatic N) is 3. The SMILES string of the molecule is CNC(=O)C1CCN(C(=O)Nc2ccc(-n3cccn3)c(Cl)c2)CC1. The van der Waals surface area contributed by atoms with Crippen molar-refractivity contribution in [3.8, 4) is 5.69 Å². The maximum absolute atomic E-state index is 12.4. The lowest BCUT2D eigenvalue weighted by atomic mass is 9.96. The third kappa shape index (κ3) is 3.93. The minimum atomic E-state index is -0.182. The summed E-state index contributed by atoms with van der Waals surface area (Å²) >= 11 is 6.29. The Morgan fingerprint density at radius 3 is 2.64 bits per heavy atom. The summed E-state index contributed by atoms with van der Waals surface area (Å²) in [6.45, 7) is 1.12. The molecule has 0 radical (unpaired) electrons. The monoisotopic (exact) mass is 361 g/mol. The van der Waals surface area contributed by atoms with Gasteiger partial charge in [0.1, 0.15) is 0 Å². The maximum atomic E-state index is 12.4. The van der Waals surface area contributed by atoms with Crippen molar-refractivity contribution in [2.24, 2.45) is 5.92 Å². The van der Waals surface area contributed by atoms with Crippen LogP contribution in [0.1, 0.15) is 12.8 Å². The highest BCUT2D eigenvalue weighted by Gasteiger charge is 2.26. The van der Waals surface area contributed by atoms with Gasteiger partial charge in [0.05, 0.1) is 10.7 Å². The van der Waals surface area contributed by atoms with Crippen LogP contribution in [0.3, 0.4) is 0 Å². The first-order valence-electron chi connectivity index (χ1n) is 8.15. The number of anilines is 1. The van der Waals surface area contributed by atoms with Crippen molar-refractivity contribution >= 4 is 29.2 Å². The summed E-state index contributed by atoms with van der Waals surface area (Å²) in [5.41, 5.74) is 1.37. The first-order chi connectivity index (χ1) is 12.1. The molecule has 1 aliphatic heterocycles. The van der Waals surface area contributed by atoms with Crippen LogP contribution in [0.5, 0.6) is 0 Å². The van der Waals surface area contributed by atoms with Crippen LogP contribution in [0.2, 0.25) is 5.02 Å². The predicted octanol–water partition coefficient (Wildman–Crippen LogP) is 2.52. The van der Waals surface area contributed by atoms with Crippen molar-refractivity contribution in [1.82, 2.24) is 20.0 Å². The van der Waals surface area contributed by atoms with Gasteiger partial charge in [0.15, 0.2) is 0 Å². The molecule has 0 spiro atoms. The highest BCUT2D eigenvalue weighted by atomic mass is 35.5. The molecule has 0 saturated carbocycles. The molecule has 1 aromatic carbocycles. The third-order valence-electron chi connectivity index (χ3n) is 4.35. The van der Waals surface area contributed by atoms with E-state index in [1.165, 1.54) is 0 Å². The number of hydrogen-bond acceptors (Lipinski definition) is 3. The summed E-state index contributed by atoms with van der Waals surface area (Å²) in [5, 5.41) is 10.2.